The number of nitrogens with zero attached hydrogens (tertiary/aromatic N) is 4. The molecule has 0 aliphatic carbocycles. The first kappa shape index (κ1) is 17.2. The molecule has 0 saturated heterocycles. The van der Waals surface area contributed by atoms with Crippen molar-refractivity contribution in [3.05, 3.63) is 52.8 Å². The molecule has 2 aromatic heterocycles. The van der Waals surface area contributed by atoms with Crippen LogP contribution in [0.5, 0.6) is 0 Å². The zero-order valence-corrected chi connectivity index (χ0v) is 15.1. The van der Waals surface area contributed by atoms with E-state index in [1.165, 1.54) is 22.5 Å². The second kappa shape index (κ2) is 7.06. The molecule has 3 rings (SSSR count). The van der Waals surface area contributed by atoms with Gasteiger partial charge in [0.15, 0.2) is 5.82 Å². The molecule has 0 amide bonds. The number of hydrogen-bond donors (Lipinski definition) is 1. The zero-order valence-electron chi connectivity index (χ0n) is 14.3. The summed E-state index contributed by atoms with van der Waals surface area (Å²) >= 11 is 1.43. The molecule has 0 aliphatic rings. The summed E-state index contributed by atoms with van der Waals surface area (Å²) in [6, 6.07) is 12.8. The van der Waals surface area contributed by atoms with E-state index in [1.807, 2.05) is 50.4 Å². The smallest absolute Gasteiger partial charge is 0.267 e. The minimum Gasteiger partial charge on any atom is -0.381 e. The molecule has 0 atom stereocenters. The predicted molar refractivity (Wildman–Crippen MR) is 102 cm³/mol. The van der Waals surface area contributed by atoms with E-state index in [1.54, 1.807) is 6.07 Å². The van der Waals surface area contributed by atoms with Crippen LogP contribution in [0.1, 0.15) is 19.9 Å². The molecule has 1 aromatic carbocycles. The Labute approximate surface area is 150 Å². The van der Waals surface area contributed by atoms with Gasteiger partial charge in [-0.25, -0.2) is 14.6 Å². The van der Waals surface area contributed by atoms with E-state index in [4.69, 9.17) is 5.73 Å². The normalized spacial score (nSPS) is 11.0. The van der Waals surface area contributed by atoms with Crippen molar-refractivity contribution in [3.63, 3.8) is 0 Å². The second-order valence-corrected chi connectivity index (χ2v) is 6.57. The maximum absolute atomic E-state index is 12.0. The van der Waals surface area contributed by atoms with Gasteiger partial charge < -0.3 is 5.73 Å². The van der Waals surface area contributed by atoms with Crippen molar-refractivity contribution >= 4 is 17.6 Å². The summed E-state index contributed by atoms with van der Waals surface area (Å²) in [6.45, 7) is 3.83. The zero-order chi connectivity index (χ0) is 18.0. The number of benzene rings is 1. The van der Waals surface area contributed by atoms with Gasteiger partial charge in [0.25, 0.3) is 5.56 Å². The number of aromatic nitrogens is 4. The predicted octanol–water partition coefficient (Wildman–Crippen LogP) is 3.25. The number of nitrogen functional groups attached to an aromatic ring is 1. The molecule has 2 N–H and O–H groups in total. The quantitative estimate of drug-likeness (QED) is 0.725. The fraction of sp³-hybridized carbons (Fsp3) is 0.222. The number of nitrogens with two attached hydrogens (primary N) is 1. The van der Waals surface area contributed by atoms with Gasteiger partial charge in [0.2, 0.25) is 0 Å². The summed E-state index contributed by atoms with van der Waals surface area (Å²) in [6.07, 6.45) is 1.90. The molecule has 0 unspecified atom stereocenters. The Hall–Kier alpha value is -2.67. The largest absolute Gasteiger partial charge is 0.381 e. The first-order valence-electron chi connectivity index (χ1n) is 7.88. The highest BCUT2D eigenvalue weighted by Gasteiger charge is 2.17. The lowest BCUT2D eigenvalue weighted by molar-refractivity contribution is 0.504. The average molecular weight is 353 g/mol. The first-order chi connectivity index (χ1) is 12.0. The maximum Gasteiger partial charge on any atom is 0.267 e. The van der Waals surface area contributed by atoms with Crippen LogP contribution in [0.25, 0.3) is 22.6 Å². The number of anilines is 1. The van der Waals surface area contributed by atoms with E-state index in [-0.39, 0.29) is 11.6 Å². The lowest BCUT2D eigenvalue weighted by Crippen LogP contribution is -2.24. The van der Waals surface area contributed by atoms with E-state index in [0.29, 0.717) is 27.9 Å². The summed E-state index contributed by atoms with van der Waals surface area (Å²) < 4.78 is 1.45. The van der Waals surface area contributed by atoms with Crippen molar-refractivity contribution in [1.29, 1.82) is 0 Å². The van der Waals surface area contributed by atoms with Gasteiger partial charge in [-0.15, -0.1) is 11.8 Å². The van der Waals surface area contributed by atoms with Gasteiger partial charge in [-0.1, -0.05) is 30.3 Å². The van der Waals surface area contributed by atoms with Gasteiger partial charge in [0.1, 0.15) is 22.1 Å². The van der Waals surface area contributed by atoms with E-state index in [9.17, 15) is 4.79 Å². The fourth-order valence-corrected chi connectivity index (χ4v) is 2.92. The van der Waals surface area contributed by atoms with Crippen LogP contribution in [-0.2, 0) is 0 Å². The lowest BCUT2D eigenvalue weighted by atomic mass is 10.1. The monoisotopic (exact) mass is 353 g/mol. The second-order valence-electron chi connectivity index (χ2n) is 5.78. The Bertz CT molecular complexity index is 953. The molecule has 0 bridgehead atoms. The molecule has 0 spiro atoms. The van der Waals surface area contributed by atoms with E-state index in [0.717, 1.165) is 5.56 Å². The van der Waals surface area contributed by atoms with Crippen molar-refractivity contribution in [1.82, 2.24) is 19.7 Å². The minimum atomic E-state index is -0.145. The van der Waals surface area contributed by atoms with Crippen LogP contribution in [0, 0.1) is 0 Å². The summed E-state index contributed by atoms with van der Waals surface area (Å²) in [7, 11) is 0. The van der Waals surface area contributed by atoms with Crippen LogP contribution in [0.3, 0.4) is 0 Å². The Kier molecular flexibility index (Phi) is 4.85. The highest BCUT2D eigenvalue weighted by molar-refractivity contribution is 7.98. The molecule has 3 aromatic rings. The van der Waals surface area contributed by atoms with Crippen molar-refractivity contribution < 1.29 is 0 Å². The Morgan fingerprint density at radius 1 is 1.04 bits per heavy atom. The van der Waals surface area contributed by atoms with Crippen LogP contribution >= 0.6 is 11.8 Å². The molecular weight excluding hydrogens is 334 g/mol. The minimum absolute atomic E-state index is 0.0469. The molecule has 0 radical (unpaired) electrons. The Morgan fingerprint density at radius 3 is 2.40 bits per heavy atom. The molecule has 128 valence electrons. The first-order valence-corrected chi connectivity index (χ1v) is 9.11. The number of hydrogen-bond acceptors (Lipinski definition) is 6. The number of rotatable bonds is 4. The summed E-state index contributed by atoms with van der Waals surface area (Å²) in [5, 5.41) is 5.12. The van der Waals surface area contributed by atoms with Crippen LogP contribution in [0.2, 0.25) is 0 Å². The Morgan fingerprint density at radius 2 is 1.76 bits per heavy atom. The van der Waals surface area contributed by atoms with Gasteiger partial charge in [0, 0.05) is 11.6 Å². The molecule has 6 nitrogen and oxygen atoms in total. The van der Waals surface area contributed by atoms with Gasteiger partial charge in [-0.3, -0.25) is 4.79 Å². The maximum atomic E-state index is 12.0. The molecule has 2 heterocycles. The van der Waals surface area contributed by atoms with Crippen molar-refractivity contribution in [2.45, 2.75) is 24.9 Å². The topological polar surface area (TPSA) is 86.7 Å². The average Bonchev–Trinajstić information content (AvgIpc) is 2.62. The van der Waals surface area contributed by atoms with Crippen molar-refractivity contribution in [2.75, 3.05) is 12.0 Å². The summed E-state index contributed by atoms with van der Waals surface area (Å²) in [4.78, 5) is 21.2. The van der Waals surface area contributed by atoms with Crippen LogP contribution in [0.4, 0.5) is 5.82 Å². The van der Waals surface area contributed by atoms with E-state index in [2.05, 4.69) is 15.1 Å². The summed E-state index contributed by atoms with van der Waals surface area (Å²) in [5.41, 5.74) is 8.65. The fourth-order valence-electron chi connectivity index (χ4n) is 2.48. The lowest BCUT2D eigenvalue weighted by Gasteiger charge is -2.13. The molecule has 0 aliphatic heterocycles. The van der Waals surface area contributed by atoms with Crippen molar-refractivity contribution in [3.8, 4) is 22.6 Å². The third-order valence-corrected chi connectivity index (χ3v) is 4.37. The van der Waals surface area contributed by atoms with Gasteiger partial charge in [-0.2, -0.15) is 5.10 Å². The summed E-state index contributed by atoms with van der Waals surface area (Å²) in [5.74, 6) is 0.382. The molecule has 25 heavy (non-hydrogen) atoms. The van der Waals surface area contributed by atoms with Gasteiger partial charge in [-0.05, 0) is 26.2 Å². The molecule has 7 heteroatoms. The van der Waals surface area contributed by atoms with Gasteiger partial charge in [0.05, 0.1) is 6.04 Å². The van der Waals surface area contributed by atoms with Crippen molar-refractivity contribution in [2.24, 2.45) is 0 Å². The van der Waals surface area contributed by atoms with Gasteiger partial charge >= 0.3 is 0 Å². The van der Waals surface area contributed by atoms with Crippen LogP contribution in [0.15, 0.2) is 52.3 Å². The third-order valence-electron chi connectivity index (χ3n) is 3.69. The highest BCUT2D eigenvalue weighted by atomic mass is 32.2. The molecule has 0 fully saturated rings. The third kappa shape index (κ3) is 3.41. The SMILES string of the molecule is CSc1nc(-c2ccc(=O)n(C(C)C)n2)c(-c2ccccc2)nc1N. The van der Waals surface area contributed by atoms with Crippen LogP contribution in [-0.4, -0.2) is 26.0 Å². The Balaban J connectivity index is 2.28. The standard InChI is InChI=1S/C18H19N5OS/c1-11(2)23-14(24)10-9-13(22-23)16-15(12-7-5-4-6-8-12)20-17(19)18(21-16)25-3/h4-11H,1-3H3,(H2,19,20). The number of thioether (sulfide) groups is 1. The van der Waals surface area contributed by atoms with E-state index >= 15 is 0 Å². The molecule has 0 saturated carbocycles. The molecular formula is C18H19N5OS. The van der Waals surface area contributed by atoms with Crippen LogP contribution < -0.4 is 11.3 Å². The van der Waals surface area contributed by atoms with E-state index < -0.39 is 0 Å². The highest BCUT2D eigenvalue weighted by Crippen LogP contribution is 2.31.